The molecule has 0 bridgehead atoms. The van der Waals surface area contributed by atoms with Gasteiger partial charge in [0.15, 0.2) is 0 Å². The molecule has 0 radical (unpaired) electrons. The molecule has 21 heavy (non-hydrogen) atoms. The summed E-state index contributed by atoms with van der Waals surface area (Å²) in [5.41, 5.74) is -0.528. The van der Waals surface area contributed by atoms with Gasteiger partial charge in [-0.3, -0.25) is 4.79 Å². The number of esters is 1. The zero-order valence-electron chi connectivity index (χ0n) is 14.2. The van der Waals surface area contributed by atoms with Crippen molar-refractivity contribution in [2.24, 2.45) is 5.92 Å². The van der Waals surface area contributed by atoms with E-state index in [4.69, 9.17) is 4.74 Å². The number of rotatable bonds is 9. The van der Waals surface area contributed by atoms with Crippen LogP contribution in [0.15, 0.2) is 0 Å². The van der Waals surface area contributed by atoms with Crippen LogP contribution in [0.3, 0.4) is 0 Å². The van der Waals surface area contributed by atoms with Gasteiger partial charge in [0.1, 0.15) is 5.54 Å². The van der Waals surface area contributed by atoms with Gasteiger partial charge in [-0.15, -0.1) is 0 Å². The third-order valence-electron chi connectivity index (χ3n) is 4.34. The third kappa shape index (κ3) is 6.60. The lowest BCUT2D eigenvalue weighted by Crippen LogP contribution is -2.51. The Bertz CT molecular complexity index is 311. The molecule has 0 amide bonds. The summed E-state index contributed by atoms with van der Waals surface area (Å²) >= 11 is 2.05. The molecular formula is C17H33NO2S. The van der Waals surface area contributed by atoms with Gasteiger partial charge in [0.25, 0.3) is 0 Å². The van der Waals surface area contributed by atoms with Gasteiger partial charge in [-0.25, -0.2) is 0 Å². The molecule has 0 spiro atoms. The van der Waals surface area contributed by atoms with E-state index in [2.05, 4.69) is 19.2 Å². The molecule has 1 saturated carbocycles. The summed E-state index contributed by atoms with van der Waals surface area (Å²) < 4.78 is 5.25. The van der Waals surface area contributed by atoms with Crippen LogP contribution in [0.4, 0.5) is 0 Å². The lowest BCUT2D eigenvalue weighted by molar-refractivity contribution is -0.150. The standard InChI is InChI=1S/C17H33NO2S/c1-5-11-18-17(4,16(19)20-6-2)10-12-21-15-9-7-8-14(3)13-15/h14-15,18H,5-13H2,1-4H3. The number of hydrogen-bond donors (Lipinski definition) is 1. The molecule has 3 nitrogen and oxygen atoms in total. The maximum Gasteiger partial charge on any atom is 0.326 e. The van der Waals surface area contributed by atoms with Gasteiger partial charge >= 0.3 is 5.97 Å². The first-order valence-corrected chi connectivity index (χ1v) is 9.60. The van der Waals surface area contributed by atoms with Crippen molar-refractivity contribution in [2.45, 2.75) is 77.0 Å². The van der Waals surface area contributed by atoms with Crippen molar-refractivity contribution >= 4 is 17.7 Å². The summed E-state index contributed by atoms with van der Waals surface area (Å²) in [5, 5.41) is 4.17. The third-order valence-corrected chi connectivity index (χ3v) is 5.67. The van der Waals surface area contributed by atoms with Gasteiger partial charge in [-0.05, 0) is 57.7 Å². The molecule has 0 aromatic rings. The minimum Gasteiger partial charge on any atom is -0.465 e. The average Bonchev–Trinajstić information content (AvgIpc) is 2.45. The smallest absolute Gasteiger partial charge is 0.326 e. The van der Waals surface area contributed by atoms with E-state index in [0.717, 1.165) is 36.3 Å². The predicted octanol–water partition coefficient (Wildman–Crippen LogP) is 4.01. The number of thioether (sulfide) groups is 1. The van der Waals surface area contributed by atoms with Crippen molar-refractivity contribution in [3.05, 3.63) is 0 Å². The molecule has 1 fully saturated rings. The first kappa shape index (κ1) is 18.8. The summed E-state index contributed by atoms with van der Waals surface area (Å²) in [4.78, 5) is 12.2. The van der Waals surface area contributed by atoms with Gasteiger partial charge in [-0.1, -0.05) is 26.7 Å². The molecule has 0 aromatic heterocycles. The highest BCUT2D eigenvalue weighted by Gasteiger charge is 2.34. The monoisotopic (exact) mass is 315 g/mol. The first-order valence-electron chi connectivity index (χ1n) is 8.55. The highest BCUT2D eigenvalue weighted by molar-refractivity contribution is 7.99. The Morgan fingerprint density at radius 2 is 2.14 bits per heavy atom. The van der Waals surface area contributed by atoms with Gasteiger partial charge in [-0.2, -0.15) is 11.8 Å². The quantitative estimate of drug-likeness (QED) is 0.652. The zero-order chi connectivity index (χ0) is 15.7. The zero-order valence-corrected chi connectivity index (χ0v) is 15.1. The molecule has 0 saturated heterocycles. The number of carbonyl (C=O) groups is 1. The fourth-order valence-corrected chi connectivity index (χ4v) is 4.57. The van der Waals surface area contributed by atoms with Crippen LogP contribution in [-0.4, -0.2) is 35.7 Å². The molecule has 4 heteroatoms. The molecule has 0 aliphatic heterocycles. The van der Waals surface area contributed by atoms with Crippen LogP contribution in [0.1, 0.15) is 66.2 Å². The minimum atomic E-state index is -0.528. The topological polar surface area (TPSA) is 38.3 Å². The highest BCUT2D eigenvalue weighted by atomic mass is 32.2. The van der Waals surface area contributed by atoms with Crippen molar-refractivity contribution in [3.8, 4) is 0 Å². The Hall–Kier alpha value is -0.220. The second-order valence-corrected chi connectivity index (χ2v) is 7.90. The van der Waals surface area contributed by atoms with Crippen molar-refractivity contribution < 1.29 is 9.53 Å². The number of carbonyl (C=O) groups excluding carboxylic acids is 1. The molecule has 3 unspecified atom stereocenters. The van der Waals surface area contributed by atoms with E-state index >= 15 is 0 Å². The van der Waals surface area contributed by atoms with Gasteiger partial charge in [0.2, 0.25) is 0 Å². The van der Waals surface area contributed by atoms with Gasteiger partial charge in [0, 0.05) is 5.25 Å². The van der Waals surface area contributed by atoms with Crippen LogP contribution < -0.4 is 5.32 Å². The van der Waals surface area contributed by atoms with Crippen molar-refractivity contribution in [2.75, 3.05) is 18.9 Å². The number of nitrogens with one attached hydrogen (secondary N) is 1. The van der Waals surface area contributed by atoms with E-state index in [-0.39, 0.29) is 5.97 Å². The van der Waals surface area contributed by atoms with Crippen LogP contribution in [0, 0.1) is 5.92 Å². The Balaban J connectivity index is 2.42. The first-order chi connectivity index (χ1) is 10.0. The van der Waals surface area contributed by atoms with Crippen molar-refractivity contribution in [1.29, 1.82) is 0 Å². The van der Waals surface area contributed by atoms with Crippen LogP contribution in [0.2, 0.25) is 0 Å². The van der Waals surface area contributed by atoms with Crippen LogP contribution in [0.5, 0.6) is 0 Å². The molecule has 1 N–H and O–H groups in total. The van der Waals surface area contributed by atoms with Crippen LogP contribution in [-0.2, 0) is 9.53 Å². The molecule has 1 aliphatic rings. The van der Waals surface area contributed by atoms with E-state index in [9.17, 15) is 4.79 Å². The van der Waals surface area contributed by atoms with E-state index in [1.165, 1.54) is 25.7 Å². The lowest BCUT2D eigenvalue weighted by atomic mass is 9.91. The number of hydrogen-bond acceptors (Lipinski definition) is 4. The molecular weight excluding hydrogens is 282 g/mol. The predicted molar refractivity (Wildman–Crippen MR) is 91.8 cm³/mol. The van der Waals surface area contributed by atoms with E-state index in [1.54, 1.807) is 0 Å². The second-order valence-electron chi connectivity index (χ2n) is 6.49. The molecule has 1 rings (SSSR count). The van der Waals surface area contributed by atoms with Crippen molar-refractivity contribution in [3.63, 3.8) is 0 Å². The van der Waals surface area contributed by atoms with E-state index in [0.29, 0.717) is 6.61 Å². The van der Waals surface area contributed by atoms with Gasteiger partial charge < -0.3 is 10.1 Å². The molecule has 0 heterocycles. The Labute approximate surface area is 135 Å². The summed E-state index contributed by atoms with van der Waals surface area (Å²) in [6.45, 7) is 9.66. The summed E-state index contributed by atoms with van der Waals surface area (Å²) in [6, 6.07) is 0. The Morgan fingerprint density at radius 3 is 2.76 bits per heavy atom. The fraction of sp³-hybridized carbons (Fsp3) is 0.941. The molecule has 1 aliphatic carbocycles. The molecule has 3 atom stereocenters. The maximum absolute atomic E-state index is 12.2. The maximum atomic E-state index is 12.2. The number of ether oxygens (including phenoxy) is 1. The summed E-state index contributed by atoms with van der Waals surface area (Å²) in [6.07, 6.45) is 7.30. The van der Waals surface area contributed by atoms with Crippen LogP contribution >= 0.6 is 11.8 Å². The second kappa shape index (κ2) is 9.73. The minimum absolute atomic E-state index is 0.101. The summed E-state index contributed by atoms with van der Waals surface area (Å²) in [5.74, 6) is 1.80. The molecule has 124 valence electrons. The van der Waals surface area contributed by atoms with Crippen molar-refractivity contribution in [1.82, 2.24) is 5.32 Å². The van der Waals surface area contributed by atoms with Gasteiger partial charge in [0.05, 0.1) is 6.61 Å². The lowest BCUT2D eigenvalue weighted by Gasteiger charge is -2.30. The largest absolute Gasteiger partial charge is 0.465 e. The van der Waals surface area contributed by atoms with E-state index < -0.39 is 5.54 Å². The average molecular weight is 316 g/mol. The fourth-order valence-electron chi connectivity index (χ4n) is 2.91. The normalized spacial score (nSPS) is 25.3. The Kier molecular flexibility index (Phi) is 8.72. The van der Waals surface area contributed by atoms with Crippen LogP contribution in [0.25, 0.3) is 0 Å². The van der Waals surface area contributed by atoms with E-state index in [1.807, 2.05) is 25.6 Å². The Morgan fingerprint density at radius 1 is 1.38 bits per heavy atom. The summed E-state index contributed by atoms with van der Waals surface area (Å²) in [7, 11) is 0. The SMILES string of the molecule is CCCNC(C)(CCSC1CCCC(C)C1)C(=O)OCC. The molecule has 0 aromatic carbocycles. The highest BCUT2D eigenvalue weighted by Crippen LogP contribution is 2.33.